The van der Waals surface area contributed by atoms with E-state index in [9.17, 15) is 61.0 Å². The molecule has 17 atom stereocenters. The molecule has 12 N–H and O–H groups in total. The van der Waals surface area contributed by atoms with E-state index >= 15 is 0 Å². The molecule has 0 bridgehead atoms. The third-order valence-electron chi connectivity index (χ3n) is 20.8. The summed E-state index contributed by atoms with van der Waals surface area (Å²) < 4.78 is 34.4. The van der Waals surface area contributed by atoms with Crippen LogP contribution in [0.15, 0.2) is 48.6 Å². The highest BCUT2D eigenvalue weighted by Crippen LogP contribution is 2.33. The van der Waals surface area contributed by atoms with E-state index in [-0.39, 0.29) is 18.9 Å². The van der Waals surface area contributed by atoms with Gasteiger partial charge in [-0.2, -0.15) is 0 Å². The van der Waals surface area contributed by atoms with Crippen molar-refractivity contribution in [2.75, 3.05) is 26.4 Å². The molecule has 102 heavy (non-hydrogen) atoms. The zero-order valence-corrected chi connectivity index (χ0v) is 64.1. The van der Waals surface area contributed by atoms with Gasteiger partial charge in [0.1, 0.15) is 73.2 Å². The first-order valence-electron chi connectivity index (χ1n) is 41.9. The molecule has 19 heteroatoms. The summed E-state index contributed by atoms with van der Waals surface area (Å²) in [6.07, 6.45) is 54.4. The molecule has 0 aromatic heterocycles. The zero-order valence-electron chi connectivity index (χ0n) is 64.1. The number of aliphatic hydroxyl groups excluding tert-OH is 11. The lowest BCUT2D eigenvalue weighted by Gasteiger charge is -2.48. The quantitative estimate of drug-likeness (QED) is 0.0199. The van der Waals surface area contributed by atoms with E-state index in [2.05, 4.69) is 55.6 Å². The fourth-order valence-electron chi connectivity index (χ4n) is 14.1. The van der Waals surface area contributed by atoms with E-state index in [0.29, 0.717) is 12.8 Å². The molecule has 0 spiro atoms. The molecule has 17 unspecified atom stereocenters. The lowest BCUT2D eigenvalue weighted by atomic mass is 9.96. The SMILES string of the molecule is CCCCCCCC/C=C/CC/C=C/CC/C=C/C(O)C(COC1OC(CO)C(OC2OC(CO)C(OC3OC(CO)C(O)C(O)C3O)C(O)C2O)C(O)C1O)NC(=O)CCCCCCCCCCCCCCCCCCCCCCCCCCCCCCC/C=C\CCCCCCCCCC. The second-order valence-corrected chi connectivity index (χ2v) is 29.9. The maximum Gasteiger partial charge on any atom is 0.220 e. The van der Waals surface area contributed by atoms with Crippen molar-refractivity contribution in [2.45, 2.75) is 446 Å². The average Bonchev–Trinajstić information content (AvgIpc) is 0.781. The molecule has 3 saturated heterocycles. The predicted molar refractivity (Wildman–Crippen MR) is 406 cm³/mol. The van der Waals surface area contributed by atoms with Crippen LogP contribution in [0.1, 0.15) is 341 Å². The lowest BCUT2D eigenvalue weighted by molar-refractivity contribution is -0.379. The van der Waals surface area contributed by atoms with Gasteiger partial charge in [-0.3, -0.25) is 4.79 Å². The number of aliphatic hydroxyl groups is 11. The smallest absolute Gasteiger partial charge is 0.220 e. The van der Waals surface area contributed by atoms with Gasteiger partial charge in [-0.1, -0.05) is 313 Å². The highest BCUT2D eigenvalue weighted by atomic mass is 16.8. The Kier molecular flexibility index (Phi) is 58.6. The van der Waals surface area contributed by atoms with Crippen molar-refractivity contribution >= 4 is 5.91 Å². The molecule has 0 radical (unpaired) electrons. The number of rotatable bonds is 67. The van der Waals surface area contributed by atoms with Crippen LogP contribution in [0.5, 0.6) is 0 Å². The van der Waals surface area contributed by atoms with Crippen molar-refractivity contribution in [3.05, 3.63) is 48.6 Å². The van der Waals surface area contributed by atoms with Crippen molar-refractivity contribution < 1.29 is 89.4 Å². The second kappa shape index (κ2) is 63.7. The van der Waals surface area contributed by atoms with Crippen molar-refractivity contribution in [1.29, 1.82) is 0 Å². The Morgan fingerprint density at radius 2 is 0.627 bits per heavy atom. The third-order valence-corrected chi connectivity index (χ3v) is 20.8. The highest BCUT2D eigenvalue weighted by molar-refractivity contribution is 5.76. The molecule has 3 rings (SSSR count). The van der Waals surface area contributed by atoms with Gasteiger partial charge in [0.15, 0.2) is 18.9 Å². The molecule has 3 heterocycles. The first kappa shape index (κ1) is 94.0. The maximum absolute atomic E-state index is 13.4. The highest BCUT2D eigenvalue weighted by Gasteiger charge is 2.54. The Balaban J connectivity index is 1.28. The Hall–Kier alpha value is -2.25. The minimum absolute atomic E-state index is 0.235. The number of ether oxygens (including phenoxy) is 6. The Morgan fingerprint density at radius 1 is 0.343 bits per heavy atom. The minimum Gasteiger partial charge on any atom is -0.394 e. The summed E-state index contributed by atoms with van der Waals surface area (Å²) in [6, 6.07) is -0.996. The van der Waals surface area contributed by atoms with Crippen LogP contribution in [0.3, 0.4) is 0 Å². The second-order valence-electron chi connectivity index (χ2n) is 29.9. The number of carbonyl (C=O) groups excluding carboxylic acids is 1. The molecule has 19 nitrogen and oxygen atoms in total. The summed E-state index contributed by atoms with van der Waals surface area (Å²) in [5, 5.41) is 121. The van der Waals surface area contributed by atoms with Crippen LogP contribution in [-0.2, 0) is 33.2 Å². The topological polar surface area (TPSA) is 307 Å². The molecule has 0 aliphatic carbocycles. The summed E-state index contributed by atoms with van der Waals surface area (Å²) in [4.78, 5) is 13.4. The molecule has 3 aliphatic heterocycles. The van der Waals surface area contributed by atoms with Gasteiger partial charge >= 0.3 is 0 Å². The summed E-state index contributed by atoms with van der Waals surface area (Å²) in [6.45, 7) is 1.73. The molecule has 0 aromatic carbocycles. The standard InChI is InChI=1S/C83H153NO18/c1-3-5-7-9-11-13-15-17-19-21-22-23-24-25-26-27-28-29-30-31-32-33-34-35-36-37-38-39-40-41-42-43-44-45-47-49-51-53-55-57-59-61-71(89)84-66(67(88)60-58-56-54-52-50-48-46-20-18-16-14-12-10-8-6-4-2)65-97-81-77(95)74(92)79(69(63-86)99-81)102-83-78(96)75(93)80(70(64-87)100-83)101-82-76(94)73(91)72(90)68(62-85)98-82/h18,20-22,50,52,58,60,66-70,72-83,85-88,90-96H,3-17,19,23-49,51,53-57,59,61-65H2,1-2H3,(H,84,89)/b20-18+,22-21-,52-50+,60-58+. The fourth-order valence-corrected chi connectivity index (χ4v) is 14.1. The number of hydrogen-bond acceptors (Lipinski definition) is 18. The van der Waals surface area contributed by atoms with Gasteiger partial charge in [0.25, 0.3) is 0 Å². The summed E-state index contributed by atoms with van der Waals surface area (Å²) in [5.41, 5.74) is 0. The number of allylic oxidation sites excluding steroid dienone is 7. The molecule has 3 fully saturated rings. The van der Waals surface area contributed by atoms with Gasteiger partial charge in [0.05, 0.1) is 38.6 Å². The molecule has 0 saturated carbocycles. The molecular weight excluding hydrogens is 1300 g/mol. The molecule has 0 aromatic rings. The fraction of sp³-hybridized carbons (Fsp3) is 0.892. The minimum atomic E-state index is -1.98. The van der Waals surface area contributed by atoms with Crippen molar-refractivity contribution in [3.8, 4) is 0 Å². The lowest BCUT2D eigenvalue weighted by Crippen LogP contribution is -2.66. The molecule has 598 valence electrons. The summed E-state index contributed by atoms with van der Waals surface area (Å²) in [5.74, 6) is -0.284. The van der Waals surface area contributed by atoms with Gasteiger partial charge in [0.2, 0.25) is 5.91 Å². The normalized spacial score (nSPS) is 26.4. The maximum atomic E-state index is 13.4. The Labute approximate surface area is 618 Å². The number of carbonyl (C=O) groups is 1. The van der Waals surface area contributed by atoms with E-state index in [4.69, 9.17) is 28.4 Å². The van der Waals surface area contributed by atoms with Gasteiger partial charge < -0.3 is 89.9 Å². The number of nitrogens with one attached hydrogen (secondary N) is 1. The zero-order chi connectivity index (χ0) is 73.9. The molecular formula is C83H153NO18. The summed E-state index contributed by atoms with van der Waals surface area (Å²) >= 11 is 0. The summed E-state index contributed by atoms with van der Waals surface area (Å²) in [7, 11) is 0. The van der Waals surface area contributed by atoms with Gasteiger partial charge in [-0.15, -0.1) is 0 Å². The van der Waals surface area contributed by atoms with Crippen LogP contribution in [0, 0.1) is 0 Å². The monoisotopic (exact) mass is 1450 g/mol. The Morgan fingerprint density at radius 3 is 0.980 bits per heavy atom. The number of amides is 1. The molecule has 1 amide bonds. The molecule has 3 aliphatic rings. The number of unbranched alkanes of at least 4 members (excludes halogenated alkanes) is 45. The van der Waals surface area contributed by atoms with Crippen LogP contribution in [0.2, 0.25) is 0 Å². The number of hydrogen-bond donors (Lipinski definition) is 12. The van der Waals surface area contributed by atoms with Gasteiger partial charge in [-0.05, 0) is 70.6 Å². The third kappa shape index (κ3) is 43.1. The van der Waals surface area contributed by atoms with Crippen LogP contribution >= 0.6 is 0 Å². The van der Waals surface area contributed by atoms with Crippen LogP contribution in [-0.4, -0.2) is 193 Å². The predicted octanol–water partition coefficient (Wildman–Crippen LogP) is 14.5. The Bertz CT molecular complexity index is 2030. The van der Waals surface area contributed by atoms with Crippen LogP contribution < -0.4 is 5.32 Å². The van der Waals surface area contributed by atoms with E-state index in [0.717, 1.165) is 44.9 Å². The van der Waals surface area contributed by atoms with Gasteiger partial charge in [-0.25, -0.2) is 0 Å². The van der Waals surface area contributed by atoms with E-state index in [1.165, 1.54) is 263 Å². The van der Waals surface area contributed by atoms with Crippen molar-refractivity contribution in [2.24, 2.45) is 0 Å². The van der Waals surface area contributed by atoms with E-state index in [1.807, 2.05) is 6.08 Å². The van der Waals surface area contributed by atoms with Gasteiger partial charge in [0, 0.05) is 6.42 Å². The van der Waals surface area contributed by atoms with Crippen molar-refractivity contribution in [3.63, 3.8) is 0 Å². The van der Waals surface area contributed by atoms with Crippen molar-refractivity contribution in [1.82, 2.24) is 5.32 Å². The largest absolute Gasteiger partial charge is 0.394 e. The van der Waals surface area contributed by atoms with Crippen LogP contribution in [0.4, 0.5) is 0 Å². The average molecular weight is 1450 g/mol. The van der Waals surface area contributed by atoms with Crippen LogP contribution in [0.25, 0.3) is 0 Å². The van der Waals surface area contributed by atoms with E-state index < -0.39 is 124 Å². The first-order chi connectivity index (χ1) is 49.8. The van der Waals surface area contributed by atoms with E-state index in [1.54, 1.807) is 6.08 Å². The first-order valence-corrected chi connectivity index (χ1v) is 41.9.